The van der Waals surface area contributed by atoms with Crippen molar-refractivity contribution in [2.75, 3.05) is 18.4 Å². The topological polar surface area (TPSA) is 88.5 Å². The fraction of sp³-hybridized carbons (Fsp3) is 0.364. The molecule has 1 saturated heterocycles. The average Bonchev–Trinajstić information content (AvgIpc) is 3.09. The SMILES string of the molecule is CCn1c(=O)sc2cc(NC(=O)C3CCN(S(=O)(=O)Cc4ccccc4F)CC3)ccc21. The van der Waals surface area contributed by atoms with Crippen molar-refractivity contribution in [2.45, 2.75) is 32.1 Å². The second kappa shape index (κ2) is 9.13. The Morgan fingerprint density at radius 2 is 1.91 bits per heavy atom. The van der Waals surface area contributed by atoms with Gasteiger partial charge >= 0.3 is 4.87 Å². The predicted octanol–water partition coefficient (Wildman–Crippen LogP) is 3.40. The molecule has 1 aliphatic rings. The van der Waals surface area contributed by atoms with E-state index in [1.807, 2.05) is 13.0 Å². The smallest absolute Gasteiger partial charge is 0.308 e. The van der Waals surface area contributed by atoms with Gasteiger partial charge in [0.15, 0.2) is 0 Å². The van der Waals surface area contributed by atoms with Crippen LogP contribution in [0.3, 0.4) is 0 Å². The van der Waals surface area contributed by atoms with Crippen molar-refractivity contribution in [3.05, 3.63) is 63.5 Å². The molecule has 0 radical (unpaired) electrons. The molecule has 2 aromatic carbocycles. The number of nitrogens with one attached hydrogen (secondary N) is 1. The number of nitrogens with zero attached hydrogens (tertiary/aromatic N) is 2. The molecule has 7 nitrogen and oxygen atoms in total. The molecule has 2 heterocycles. The Kier molecular flexibility index (Phi) is 6.45. The maximum Gasteiger partial charge on any atom is 0.308 e. The lowest BCUT2D eigenvalue weighted by atomic mass is 9.97. The van der Waals surface area contributed by atoms with Crippen molar-refractivity contribution in [1.29, 1.82) is 0 Å². The molecule has 3 aromatic rings. The molecule has 0 atom stereocenters. The Hall–Kier alpha value is -2.56. The molecule has 1 N–H and O–H groups in total. The van der Waals surface area contributed by atoms with Crippen LogP contribution in [-0.4, -0.2) is 36.3 Å². The molecule has 0 bridgehead atoms. The van der Waals surface area contributed by atoms with Crippen molar-refractivity contribution in [2.24, 2.45) is 5.92 Å². The first-order valence-electron chi connectivity index (χ1n) is 10.4. The molecule has 1 aromatic heterocycles. The Morgan fingerprint density at radius 3 is 2.59 bits per heavy atom. The predicted molar refractivity (Wildman–Crippen MR) is 124 cm³/mol. The van der Waals surface area contributed by atoms with Gasteiger partial charge in [-0.05, 0) is 44.0 Å². The van der Waals surface area contributed by atoms with Crippen LogP contribution in [-0.2, 0) is 27.1 Å². The number of aryl methyl sites for hydroxylation is 1. The lowest BCUT2D eigenvalue weighted by Crippen LogP contribution is -2.42. The second-order valence-electron chi connectivity index (χ2n) is 7.80. The Morgan fingerprint density at radius 1 is 1.19 bits per heavy atom. The number of fused-ring (bicyclic) bond motifs is 1. The van der Waals surface area contributed by atoms with Crippen LogP contribution in [0.4, 0.5) is 10.1 Å². The summed E-state index contributed by atoms with van der Waals surface area (Å²) < 4.78 is 43.0. The number of halogens is 1. The van der Waals surface area contributed by atoms with Gasteiger partial charge in [0.25, 0.3) is 0 Å². The molecule has 10 heteroatoms. The molecule has 1 fully saturated rings. The van der Waals surface area contributed by atoms with E-state index >= 15 is 0 Å². The average molecular weight is 478 g/mol. The lowest BCUT2D eigenvalue weighted by Gasteiger charge is -2.30. The minimum Gasteiger partial charge on any atom is -0.326 e. The Balaban J connectivity index is 1.38. The minimum atomic E-state index is -3.66. The summed E-state index contributed by atoms with van der Waals surface area (Å²) in [7, 11) is -3.66. The zero-order chi connectivity index (χ0) is 22.9. The molecule has 0 aliphatic carbocycles. The van der Waals surface area contributed by atoms with Crippen LogP contribution in [0.2, 0.25) is 0 Å². The van der Waals surface area contributed by atoms with E-state index < -0.39 is 21.6 Å². The number of benzene rings is 2. The van der Waals surface area contributed by atoms with E-state index in [-0.39, 0.29) is 35.4 Å². The van der Waals surface area contributed by atoms with E-state index in [9.17, 15) is 22.4 Å². The first kappa shape index (κ1) is 22.6. The third-order valence-electron chi connectivity index (χ3n) is 5.77. The van der Waals surface area contributed by atoms with Gasteiger partial charge in [0.1, 0.15) is 5.82 Å². The maximum atomic E-state index is 13.8. The number of anilines is 1. The summed E-state index contributed by atoms with van der Waals surface area (Å²) in [5.74, 6) is -1.42. The highest BCUT2D eigenvalue weighted by Crippen LogP contribution is 2.26. The number of hydrogen-bond acceptors (Lipinski definition) is 5. The number of carbonyl (C=O) groups excluding carboxylic acids is 1. The zero-order valence-electron chi connectivity index (χ0n) is 17.6. The summed E-state index contributed by atoms with van der Waals surface area (Å²) in [5, 5.41) is 2.89. The molecular formula is C22H24FN3O4S2. The summed E-state index contributed by atoms with van der Waals surface area (Å²) in [6.07, 6.45) is 0.786. The second-order valence-corrected chi connectivity index (χ2v) is 10.8. The summed E-state index contributed by atoms with van der Waals surface area (Å²) in [6.45, 7) is 2.93. The quantitative estimate of drug-likeness (QED) is 0.589. The number of aromatic nitrogens is 1. The van der Waals surface area contributed by atoms with Gasteiger partial charge in [-0.25, -0.2) is 17.1 Å². The van der Waals surface area contributed by atoms with Gasteiger partial charge < -0.3 is 5.32 Å². The minimum absolute atomic E-state index is 0.0325. The normalized spacial score (nSPS) is 15.8. The highest BCUT2D eigenvalue weighted by atomic mass is 32.2. The molecule has 0 saturated carbocycles. The van der Waals surface area contributed by atoms with E-state index in [1.54, 1.807) is 22.8 Å². The van der Waals surface area contributed by atoms with Crippen LogP contribution in [0.5, 0.6) is 0 Å². The van der Waals surface area contributed by atoms with Gasteiger partial charge in [0.05, 0.1) is 16.0 Å². The number of carbonyl (C=O) groups is 1. The third-order valence-corrected chi connectivity index (χ3v) is 8.54. The highest BCUT2D eigenvalue weighted by molar-refractivity contribution is 7.88. The van der Waals surface area contributed by atoms with Gasteiger partial charge in [-0.1, -0.05) is 29.5 Å². The van der Waals surface area contributed by atoms with Crippen molar-refractivity contribution < 1.29 is 17.6 Å². The molecule has 1 amide bonds. The van der Waals surface area contributed by atoms with E-state index in [1.165, 1.54) is 22.5 Å². The third kappa shape index (κ3) is 4.62. The molecule has 32 heavy (non-hydrogen) atoms. The Labute approximate surface area is 189 Å². The van der Waals surface area contributed by atoms with Crippen LogP contribution in [0.15, 0.2) is 47.3 Å². The fourth-order valence-corrected chi connectivity index (χ4v) is 6.56. The number of thiazole rings is 1. The van der Waals surface area contributed by atoms with E-state index in [4.69, 9.17) is 0 Å². The van der Waals surface area contributed by atoms with Crippen molar-refractivity contribution in [3.63, 3.8) is 0 Å². The molecule has 0 unspecified atom stereocenters. The molecular weight excluding hydrogens is 453 g/mol. The van der Waals surface area contributed by atoms with Crippen molar-refractivity contribution >= 4 is 43.2 Å². The lowest BCUT2D eigenvalue weighted by molar-refractivity contribution is -0.120. The van der Waals surface area contributed by atoms with Crippen LogP contribution >= 0.6 is 11.3 Å². The Bertz CT molecular complexity index is 1310. The van der Waals surface area contributed by atoms with Gasteiger partial charge in [0, 0.05) is 36.8 Å². The van der Waals surface area contributed by atoms with Crippen LogP contribution in [0, 0.1) is 11.7 Å². The first-order valence-corrected chi connectivity index (χ1v) is 12.9. The van der Waals surface area contributed by atoms with Crippen molar-refractivity contribution in [3.8, 4) is 0 Å². The highest BCUT2D eigenvalue weighted by Gasteiger charge is 2.31. The monoisotopic (exact) mass is 477 g/mol. The van der Waals surface area contributed by atoms with Gasteiger partial charge in [0.2, 0.25) is 15.9 Å². The molecule has 4 rings (SSSR count). The van der Waals surface area contributed by atoms with Crippen LogP contribution in [0.1, 0.15) is 25.3 Å². The summed E-state index contributed by atoms with van der Waals surface area (Å²) >= 11 is 1.14. The number of hydrogen-bond donors (Lipinski definition) is 1. The van der Waals surface area contributed by atoms with E-state index in [0.717, 1.165) is 21.6 Å². The summed E-state index contributed by atoms with van der Waals surface area (Å²) in [6, 6.07) is 11.2. The number of rotatable bonds is 6. The standard InChI is InChI=1S/C22H24FN3O4S2/c1-2-26-19-8-7-17(13-20(19)31-22(26)28)24-21(27)15-9-11-25(12-10-15)32(29,30)14-16-5-3-4-6-18(16)23/h3-8,13,15H,2,9-12,14H2,1H3,(H,24,27). The largest absolute Gasteiger partial charge is 0.326 e. The summed E-state index contributed by atoms with van der Waals surface area (Å²) in [4.78, 5) is 24.7. The van der Waals surface area contributed by atoms with Gasteiger partial charge in [-0.2, -0.15) is 0 Å². The number of piperidine rings is 1. The number of amides is 1. The van der Waals surface area contributed by atoms with E-state index in [2.05, 4.69) is 5.32 Å². The maximum absolute atomic E-state index is 13.8. The first-order chi connectivity index (χ1) is 15.3. The molecule has 0 spiro atoms. The zero-order valence-corrected chi connectivity index (χ0v) is 19.2. The molecule has 1 aliphatic heterocycles. The van der Waals surface area contributed by atoms with Gasteiger partial charge in [-0.15, -0.1) is 0 Å². The van der Waals surface area contributed by atoms with Crippen LogP contribution < -0.4 is 10.2 Å². The molecule has 170 valence electrons. The van der Waals surface area contributed by atoms with E-state index in [0.29, 0.717) is 25.1 Å². The summed E-state index contributed by atoms with van der Waals surface area (Å²) in [5.41, 5.74) is 1.59. The van der Waals surface area contributed by atoms with Gasteiger partial charge in [-0.3, -0.25) is 14.2 Å². The number of sulfonamides is 1. The fourth-order valence-electron chi connectivity index (χ4n) is 3.99. The van der Waals surface area contributed by atoms with Crippen LogP contribution in [0.25, 0.3) is 10.2 Å². The van der Waals surface area contributed by atoms with Crippen molar-refractivity contribution in [1.82, 2.24) is 8.87 Å².